The third-order valence-corrected chi connectivity index (χ3v) is 5.88. The number of imide groups is 4. The van der Waals surface area contributed by atoms with Crippen LogP contribution in [0.3, 0.4) is 0 Å². The first-order chi connectivity index (χ1) is 22.1. The van der Waals surface area contributed by atoms with E-state index in [4.69, 9.17) is 0 Å². The van der Waals surface area contributed by atoms with E-state index in [1.165, 1.54) is 0 Å². The van der Waals surface area contributed by atoms with Gasteiger partial charge in [0.05, 0.1) is 19.8 Å². The molecule has 0 saturated carbocycles. The molecule has 2 N–H and O–H groups in total. The average Bonchev–Trinajstić information content (AvgIpc) is 3.08. The highest BCUT2D eigenvalue weighted by atomic mass is 16.2. The van der Waals surface area contributed by atoms with Gasteiger partial charge < -0.3 is 10.6 Å². The molecule has 0 fully saturated rings. The highest BCUT2D eigenvalue weighted by Crippen LogP contribution is 2.11. The Labute approximate surface area is 270 Å². The second-order valence-electron chi connectivity index (χ2n) is 8.59. The third kappa shape index (κ3) is 10.8. The lowest BCUT2D eigenvalue weighted by Crippen LogP contribution is -2.60. The van der Waals surface area contributed by atoms with E-state index < -0.39 is 90.9 Å². The molecule has 16 nitrogen and oxygen atoms in total. The first-order valence-corrected chi connectivity index (χ1v) is 13.2. The zero-order chi connectivity index (χ0) is 36.4. The SMILES string of the molecule is C=CC(=O)N(CC(C(=O)NCNC(=O)C(CN(C(=O)C=C)C(=O)C=C)N(C(=O)C=C)C(=O)C=C)N(C(=O)C=C)C(=O)C=C)C(=O)C=C. The van der Waals surface area contributed by atoms with Crippen molar-refractivity contribution in [1.29, 1.82) is 0 Å². The van der Waals surface area contributed by atoms with Crippen LogP contribution in [0.1, 0.15) is 0 Å². The molecule has 0 saturated heterocycles. The Morgan fingerprint density at radius 1 is 0.404 bits per heavy atom. The second-order valence-corrected chi connectivity index (χ2v) is 8.59. The summed E-state index contributed by atoms with van der Waals surface area (Å²) in [6.07, 6.45) is 5.59. The van der Waals surface area contributed by atoms with Crippen molar-refractivity contribution in [3.63, 3.8) is 0 Å². The Balaban J connectivity index is 6.69. The largest absolute Gasteiger partial charge is 0.337 e. The maximum atomic E-state index is 13.4. The minimum absolute atomic E-state index is 0.340. The van der Waals surface area contributed by atoms with Gasteiger partial charge in [-0.1, -0.05) is 52.6 Å². The van der Waals surface area contributed by atoms with Crippen molar-refractivity contribution in [3.05, 3.63) is 101 Å². The Morgan fingerprint density at radius 3 is 0.809 bits per heavy atom. The van der Waals surface area contributed by atoms with E-state index >= 15 is 0 Å². The van der Waals surface area contributed by atoms with Crippen LogP contribution in [0.2, 0.25) is 0 Å². The van der Waals surface area contributed by atoms with Gasteiger partial charge in [-0.25, -0.2) is 0 Å². The molecule has 0 aromatic heterocycles. The molecule has 47 heavy (non-hydrogen) atoms. The molecule has 10 amide bonds. The number of amides is 10. The van der Waals surface area contributed by atoms with Gasteiger partial charge in [0.2, 0.25) is 11.8 Å². The summed E-state index contributed by atoms with van der Waals surface area (Å²) in [6, 6.07) is -3.86. The zero-order valence-electron chi connectivity index (χ0n) is 25.4. The molecule has 2 unspecified atom stereocenters. The predicted octanol–water partition coefficient (Wildman–Crippen LogP) is -1.18. The molecule has 0 aliphatic carbocycles. The normalized spacial score (nSPS) is 10.9. The van der Waals surface area contributed by atoms with Crippen LogP contribution in [-0.4, -0.2) is 111 Å². The van der Waals surface area contributed by atoms with Gasteiger partial charge in [-0.15, -0.1) is 0 Å². The molecule has 248 valence electrons. The van der Waals surface area contributed by atoms with Gasteiger partial charge in [0.15, 0.2) is 0 Å². The molecule has 0 bridgehead atoms. The van der Waals surface area contributed by atoms with Crippen molar-refractivity contribution in [2.45, 2.75) is 12.1 Å². The first kappa shape index (κ1) is 40.4. The summed E-state index contributed by atoms with van der Waals surface area (Å²) in [5.41, 5.74) is 0. The Bertz CT molecular complexity index is 1260. The summed E-state index contributed by atoms with van der Waals surface area (Å²) in [7, 11) is 0. The lowest BCUT2D eigenvalue weighted by Gasteiger charge is -2.32. The molecule has 0 heterocycles. The summed E-state index contributed by atoms with van der Waals surface area (Å²) < 4.78 is 0. The van der Waals surface area contributed by atoms with E-state index in [0.717, 1.165) is 24.3 Å². The summed E-state index contributed by atoms with van der Waals surface area (Å²) in [5, 5.41) is 4.36. The van der Waals surface area contributed by atoms with Crippen LogP contribution >= 0.6 is 0 Å². The fraction of sp³-hybridized carbons (Fsp3) is 0.161. The molecule has 16 heteroatoms. The summed E-state index contributed by atoms with van der Waals surface area (Å²) in [4.78, 5) is 128. The lowest BCUT2D eigenvalue weighted by molar-refractivity contribution is -0.151. The minimum atomic E-state index is -1.93. The molecule has 0 spiro atoms. The zero-order valence-corrected chi connectivity index (χ0v) is 25.4. The molecule has 0 aromatic rings. The van der Waals surface area contributed by atoms with E-state index in [-0.39, 0.29) is 0 Å². The Kier molecular flexibility index (Phi) is 16.9. The smallest absolute Gasteiger partial charge is 0.253 e. The molecule has 0 radical (unpaired) electrons. The van der Waals surface area contributed by atoms with Crippen molar-refractivity contribution in [3.8, 4) is 0 Å². The van der Waals surface area contributed by atoms with Crippen LogP contribution < -0.4 is 10.6 Å². The summed E-state index contributed by atoms with van der Waals surface area (Å²) >= 11 is 0. The number of carbonyl (C=O) groups excluding carboxylic acids is 10. The predicted molar refractivity (Wildman–Crippen MR) is 167 cm³/mol. The average molecular weight is 651 g/mol. The minimum Gasteiger partial charge on any atom is -0.337 e. The van der Waals surface area contributed by atoms with Gasteiger partial charge in [-0.3, -0.25) is 67.5 Å². The van der Waals surface area contributed by atoms with Gasteiger partial charge in [0.1, 0.15) is 12.1 Å². The first-order valence-electron chi connectivity index (χ1n) is 13.2. The standard InChI is InChI=1S/C31H34N6O10/c1-9-22(38)34(23(39)10-2)17-20(36(26(42)13-5)27(43)14-6)30(46)32-19-33-31(47)21(37(28(44)15-7)29(45)16-8)18-35(24(40)11-3)25(41)12-4/h9-16,20-21H,1-8,17-19H2,(H,32,46)(H,33,47). The maximum Gasteiger partial charge on any atom is 0.253 e. The van der Waals surface area contributed by atoms with E-state index in [1.54, 1.807) is 0 Å². The Morgan fingerprint density at radius 2 is 0.617 bits per heavy atom. The molecule has 2 atom stereocenters. The Hall–Kier alpha value is -6.58. The maximum absolute atomic E-state index is 13.4. The number of hydrogen-bond donors (Lipinski definition) is 2. The molecule has 0 rings (SSSR count). The van der Waals surface area contributed by atoms with Crippen molar-refractivity contribution in [2.75, 3.05) is 19.8 Å². The van der Waals surface area contributed by atoms with Crippen LogP contribution in [0.4, 0.5) is 0 Å². The van der Waals surface area contributed by atoms with E-state index in [0.29, 0.717) is 43.9 Å². The van der Waals surface area contributed by atoms with Gasteiger partial charge in [0, 0.05) is 0 Å². The van der Waals surface area contributed by atoms with Gasteiger partial charge in [-0.2, -0.15) is 0 Å². The van der Waals surface area contributed by atoms with Crippen LogP contribution in [0.5, 0.6) is 0 Å². The van der Waals surface area contributed by atoms with Crippen molar-refractivity contribution >= 4 is 59.1 Å². The molecule has 0 aliphatic heterocycles. The lowest BCUT2D eigenvalue weighted by atomic mass is 10.1. The second kappa shape index (κ2) is 19.6. The van der Waals surface area contributed by atoms with E-state index in [2.05, 4.69) is 63.3 Å². The van der Waals surface area contributed by atoms with Crippen LogP contribution in [0.25, 0.3) is 0 Å². The molecular formula is C31H34N6O10. The summed E-state index contributed by atoms with van der Waals surface area (Å²) in [5.74, 6) is -11.0. The third-order valence-electron chi connectivity index (χ3n) is 5.88. The van der Waals surface area contributed by atoms with Crippen LogP contribution in [-0.2, 0) is 47.9 Å². The molecule has 0 aromatic carbocycles. The number of carbonyl (C=O) groups is 10. The highest BCUT2D eigenvalue weighted by Gasteiger charge is 2.38. The summed E-state index contributed by atoms with van der Waals surface area (Å²) in [6.45, 7) is 23.4. The number of hydrogen-bond acceptors (Lipinski definition) is 10. The number of nitrogens with zero attached hydrogens (tertiary/aromatic N) is 4. The quantitative estimate of drug-likeness (QED) is 0.134. The van der Waals surface area contributed by atoms with Crippen molar-refractivity contribution in [1.82, 2.24) is 30.2 Å². The molecule has 0 aliphatic rings. The van der Waals surface area contributed by atoms with Crippen LogP contribution in [0, 0.1) is 0 Å². The van der Waals surface area contributed by atoms with Gasteiger partial charge >= 0.3 is 0 Å². The topological polar surface area (TPSA) is 208 Å². The van der Waals surface area contributed by atoms with Gasteiger partial charge in [0.25, 0.3) is 47.3 Å². The number of rotatable bonds is 18. The van der Waals surface area contributed by atoms with Crippen molar-refractivity contribution in [2.24, 2.45) is 0 Å². The molecular weight excluding hydrogens is 616 g/mol. The van der Waals surface area contributed by atoms with Gasteiger partial charge in [-0.05, 0) is 48.6 Å². The fourth-order valence-electron chi connectivity index (χ4n) is 3.61. The monoisotopic (exact) mass is 650 g/mol. The number of nitrogens with one attached hydrogen (secondary N) is 2. The van der Waals surface area contributed by atoms with Crippen LogP contribution in [0.15, 0.2) is 101 Å². The van der Waals surface area contributed by atoms with E-state index in [9.17, 15) is 47.9 Å². The highest BCUT2D eigenvalue weighted by molar-refractivity contribution is 6.10. The van der Waals surface area contributed by atoms with E-state index in [1.807, 2.05) is 0 Å². The fourth-order valence-corrected chi connectivity index (χ4v) is 3.61. The van der Waals surface area contributed by atoms with Crippen molar-refractivity contribution < 1.29 is 47.9 Å².